The first-order valence-corrected chi connectivity index (χ1v) is 45.0. The van der Waals surface area contributed by atoms with Gasteiger partial charge in [0, 0.05) is 71.3 Å². The number of Topliss-reactive ketones (excluding diaryl/α,β-unsaturated/α-hetero) is 1. The summed E-state index contributed by atoms with van der Waals surface area (Å²) in [7, 11) is 0. The summed E-state index contributed by atoms with van der Waals surface area (Å²) in [6.07, 6.45) is 4.86. The zero-order chi connectivity index (χ0) is 90.9. The number of anilines is 1. The number of fused-ring (bicyclic) bond motifs is 6. The van der Waals surface area contributed by atoms with E-state index in [0.717, 1.165) is 40.5 Å². The molecule has 2 aromatic heterocycles. The molecule has 7 aromatic rings. The SMILES string of the molecule is CC[C@@]1(OC(=O)OCc2ccc(N)c(COc3ccc(C(NCCCCC(NC(=O)COCC(=O)NCCOCCOCCOCCOCCOCCOCCOCCOCCN/C=C(\N)CNC(=O)C4CCC(CN5C(=O)C(Br)=C(Br)C5=O)CC4)C(C)=O)(c4ccccc4)c4ccccc4)cc3)c2)C(=O)OCc2c1cc1n(c2=O)Cc2cc3cc4c(cc3nc2-1)OCO4. The zero-order valence-corrected chi connectivity index (χ0v) is 75.6. The largest absolute Gasteiger partial charge is 0.510 e. The third kappa shape index (κ3) is 26.8. The first-order valence-electron chi connectivity index (χ1n) is 43.4. The molecule has 36 heteroatoms. The number of unbranched alkanes of at least 4 members (excludes halogenated alkanes) is 1. The van der Waals surface area contributed by atoms with Crippen molar-refractivity contribution in [2.75, 3.05) is 164 Å². The van der Waals surface area contributed by atoms with Crippen molar-refractivity contribution in [3.63, 3.8) is 0 Å². The first-order chi connectivity index (χ1) is 62.7. The van der Waals surface area contributed by atoms with Crippen LogP contribution < -0.4 is 57.8 Å². The number of ketones is 1. The number of rotatable bonds is 55. The molecule has 1 aliphatic carbocycles. The number of aromatic nitrogens is 2. The maximum absolute atomic E-state index is 14.2. The molecule has 1 saturated carbocycles. The Morgan fingerprint density at radius 3 is 1.82 bits per heavy atom. The number of esters is 1. The lowest BCUT2D eigenvalue weighted by Crippen LogP contribution is -2.47. The van der Waals surface area contributed by atoms with Crippen LogP contribution in [-0.2, 0) is 128 Å². The predicted octanol–water partition coefficient (Wildman–Crippen LogP) is 8.40. The number of pyridine rings is 2. The molecular formula is C93H112Br2N10O24. The third-order valence-corrected chi connectivity index (χ3v) is 24.5. The average Bonchev–Trinajstić information content (AvgIpc) is 1.56. The van der Waals surface area contributed by atoms with Crippen LogP contribution in [0.2, 0.25) is 0 Å². The number of hydrogen-bond donors (Lipinski definition) is 7. The molecule has 4 aliphatic heterocycles. The molecule has 129 heavy (non-hydrogen) atoms. The molecule has 692 valence electrons. The van der Waals surface area contributed by atoms with E-state index >= 15 is 0 Å². The zero-order valence-electron chi connectivity index (χ0n) is 72.4. The van der Waals surface area contributed by atoms with Gasteiger partial charge in [0.05, 0.1) is 153 Å². The Balaban J connectivity index is 0.461. The number of nitrogens with one attached hydrogen (secondary N) is 5. The van der Waals surface area contributed by atoms with Crippen molar-refractivity contribution in [2.45, 2.75) is 109 Å². The van der Waals surface area contributed by atoms with Gasteiger partial charge < -0.3 is 108 Å². The molecule has 6 heterocycles. The second-order valence-corrected chi connectivity index (χ2v) is 32.9. The van der Waals surface area contributed by atoms with Gasteiger partial charge in [0.1, 0.15) is 47.7 Å². The van der Waals surface area contributed by atoms with Gasteiger partial charge in [0.2, 0.25) is 30.1 Å². The highest BCUT2D eigenvalue weighted by molar-refractivity contribution is 9.14. The van der Waals surface area contributed by atoms with E-state index in [9.17, 15) is 43.2 Å². The van der Waals surface area contributed by atoms with E-state index in [0.29, 0.717) is 208 Å². The molecule has 1 unspecified atom stereocenters. The molecule has 0 bridgehead atoms. The van der Waals surface area contributed by atoms with Gasteiger partial charge in [-0.1, -0.05) is 85.8 Å². The number of hydrogen-bond acceptors (Lipinski definition) is 29. The minimum absolute atomic E-state index is 0.0547. The highest BCUT2D eigenvalue weighted by Gasteiger charge is 2.51. The predicted molar refractivity (Wildman–Crippen MR) is 479 cm³/mol. The average molecular weight is 1910 g/mol. The monoisotopic (exact) mass is 1910 g/mol. The van der Waals surface area contributed by atoms with Gasteiger partial charge in [-0.15, -0.1) is 0 Å². The van der Waals surface area contributed by atoms with Crippen LogP contribution >= 0.6 is 31.9 Å². The molecular weight excluding hydrogens is 1800 g/mol. The van der Waals surface area contributed by atoms with Gasteiger partial charge in [-0.2, -0.15) is 0 Å². The molecule has 12 rings (SSSR count). The lowest BCUT2D eigenvalue weighted by molar-refractivity contribution is -0.175. The van der Waals surface area contributed by atoms with Gasteiger partial charge in [-0.25, -0.2) is 14.6 Å². The lowest BCUT2D eigenvalue weighted by Gasteiger charge is -2.37. The molecule has 2 atom stereocenters. The van der Waals surface area contributed by atoms with Crippen LogP contribution in [0.1, 0.15) is 110 Å². The Morgan fingerprint density at radius 1 is 0.636 bits per heavy atom. The fourth-order valence-electron chi connectivity index (χ4n) is 15.7. The number of amides is 5. The highest BCUT2D eigenvalue weighted by atomic mass is 79.9. The van der Waals surface area contributed by atoms with Crippen LogP contribution in [0.25, 0.3) is 22.3 Å². The Labute approximate surface area is 764 Å². The Hall–Kier alpha value is -10.7. The van der Waals surface area contributed by atoms with Crippen molar-refractivity contribution in [3.8, 4) is 28.6 Å². The molecule has 5 amide bonds. The second kappa shape index (κ2) is 49.3. The third-order valence-electron chi connectivity index (χ3n) is 22.5. The maximum Gasteiger partial charge on any atom is 0.510 e. The van der Waals surface area contributed by atoms with Gasteiger partial charge in [0.15, 0.2) is 17.3 Å². The number of cyclic esters (lactones) is 1. The van der Waals surface area contributed by atoms with Crippen molar-refractivity contribution in [1.82, 2.24) is 41.0 Å². The fourth-order valence-corrected chi connectivity index (χ4v) is 16.5. The normalized spacial score (nSPS) is 16.6. The van der Waals surface area contributed by atoms with E-state index < -0.39 is 53.3 Å². The van der Waals surface area contributed by atoms with Crippen molar-refractivity contribution in [2.24, 2.45) is 17.6 Å². The Morgan fingerprint density at radius 2 is 1.22 bits per heavy atom. The summed E-state index contributed by atoms with van der Waals surface area (Å²) in [4.78, 5) is 124. The first kappa shape index (κ1) is 97.3. The summed E-state index contributed by atoms with van der Waals surface area (Å²) in [6, 6.07) is 39.5. The molecule has 5 aromatic carbocycles. The molecule has 5 aliphatic rings. The summed E-state index contributed by atoms with van der Waals surface area (Å²) in [5.74, 6) is -1.01. The van der Waals surface area contributed by atoms with Crippen LogP contribution in [0.4, 0.5) is 10.5 Å². The topological polar surface area (TPSA) is 425 Å². The molecule has 0 spiro atoms. The number of nitrogens with two attached hydrogens (primary N) is 2. The van der Waals surface area contributed by atoms with E-state index in [1.54, 1.807) is 48.0 Å². The minimum atomic E-state index is -2.00. The van der Waals surface area contributed by atoms with Gasteiger partial charge in [0.25, 0.3) is 17.4 Å². The fraction of sp³-hybridized carbons (Fsp3) is 0.462. The van der Waals surface area contributed by atoms with E-state index in [2.05, 4.69) is 82.7 Å². The summed E-state index contributed by atoms with van der Waals surface area (Å²) >= 11 is 6.33. The lowest BCUT2D eigenvalue weighted by atomic mass is 9.77. The van der Waals surface area contributed by atoms with Gasteiger partial charge in [-0.3, -0.25) is 43.8 Å². The van der Waals surface area contributed by atoms with Crippen LogP contribution in [0.3, 0.4) is 0 Å². The van der Waals surface area contributed by atoms with Gasteiger partial charge in [-0.05, 0) is 167 Å². The molecule has 34 nitrogen and oxygen atoms in total. The van der Waals surface area contributed by atoms with Crippen LogP contribution in [-0.4, -0.2) is 226 Å². The number of nitrogen functional groups attached to an aromatic ring is 1. The maximum atomic E-state index is 14.2. The van der Waals surface area contributed by atoms with E-state index in [-0.39, 0.29) is 121 Å². The summed E-state index contributed by atoms with van der Waals surface area (Å²) in [5, 5.41) is 16.1. The van der Waals surface area contributed by atoms with Crippen LogP contribution in [0.5, 0.6) is 17.2 Å². The summed E-state index contributed by atoms with van der Waals surface area (Å²) in [5.41, 5.74) is 17.1. The van der Waals surface area contributed by atoms with E-state index in [1.165, 1.54) is 11.8 Å². The van der Waals surface area contributed by atoms with Crippen molar-refractivity contribution in [1.29, 1.82) is 0 Å². The number of benzene rings is 5. The van der Waals surface area contributed by atoms with Crippen molar-refractivity contribution >= 4 is 95.9 Å². The molecule has 0 radical (unpaired) electrons. The smallest absolute Gasteiger partial charge is 0.489 e. The highest BCUT2D eigenvalue weighted by Crippen LogP contribution is 2.44. The Kier molecular flexibility index (Phi) is 37.2. The number of carbonyl (C=O) groups excluding carboxylic acids is 8. The van der Waals surface area contributed by atoms with E-state index in [1.807, 2.05) is 72.8 Å². The minimum Gasteiger partial charge on any atom is -0.489 e. The number of halogens is 2. The molecule has 1 fully saturated rings. The van der Waals surface area contributed by atoms with E-state index in [4.69, 9.17) is 87.5 Å². The van der Waals surface area contributed by atoms with Gasteiger partial charge >= 0.3 is 12.1 Å². The number of carbonyl (C=O) groups is 8. The molecule has 9 N–H and O–H groups in total. The standard InChI is InChI=1S/C93H112Br2N10O24/c1-3-92(74-49-78-85-66(54-104(78)87(110)73(74)57-125-90(92)113)47-65-48-79-80(128-60-127-79)50-77(65)103-85)129-91(114)126-55-63-19-26-75(97)67(46-63)56-124-72-24-22-70(23-25-72)93(68-12-6-4-7-13-68,69-14-8-5-9-15-69)101-27-11-10-16-76(61(2)106)102-82(108)59-123-58-81(107)99-29-31-116-33-35-118-37-39-120-41-43-122-45-44-121-42-40-119-38-36-117-34-32-115-30-28-98-51-71(96)52-100-86(109)64-20-17-62(18-21-64)53-105-88(111)83(94)84(95)89(105)112/h4-9,12-15,19,22-26,46-51,62,64,76,98,101H,3,10-11,16-18,20-21,27-45,52-60,96-97H2,1-2H3,(H,99,107)(H,100,109)(H,102,108)/b71-51-/t62?,64?,76?,92-/m0/s1. The summed E-state index contributed by atoms with van der Waals surface area (Å²) < 4.78 is 86.7. The Bertz CT molecular complexity index is 5050. The summed E-state index contributed by atoms with van der Waals surface area (Å²) in [6.45, 7) is 10.2. The van der Waals surface area contributed by atoms with Crippen LogP contribution in [0.15, 0.2) is 153 Å². The van der Waals surface area contributed by atoms with Crippen LogP contribution in [0, 0.1) is 11.8 Å². The quantitative estimate of drug-likeness (QED) is 0.00618. The number of imide groups is 1. The second-order valence-electron chi connectivity index (χ2n) is 31.3. The molecule has 0 saturated heterocycles. The van der Waals surface area contributed by atoms with Crippen molar-refractivity contribution in [3.05, 3.63) is 203 Å². The number of ether oxygens (including phenoxy) is 15. The van der Waals surface area contributed by atoms with Crippen molar-refractivity contribution < 1.29 is 109 Å². The number of nitrogens with zero attached hydrogens (tertiary/aromatic N) is 3.